The van der Waals surface area contributed by atoms with E-state index in [4.69, 9.17) is 4.74 Å². The lowest BCUT2D eigenvalue weighted by Crippen LogP contribution is -2.50. The topological polar surface area (TPSA) is 66.5 Å². The second kappa shape index (κ2) is 6.45. The van der Waals surface area contributed by atoms with Gasteiger partial charge in [0.2, 0.25) is 0 Å². The molecule has 6 heteroatoms. The molecule has 3 fully saturated rings. The molecule has 2 saturated heterocycles. The quantitative estimate of drug-likeness (QED) is 0.856. The second-order valence-electron chi connectivity index (χ2n) is 6.81. The van der Waals surface area contributed by atoms with Crippen LogP contribution < -0.4 is 10.6 Å². The molecule has 1 aromatic heterocycles. The first kappa shape index (κ1) is 14.9. The van der Waals surface area contributed by atoms with Crippen LogP contribution in [0, 0.1) is 0 Å². The van der Waals surface area contributed by atoms with E-state index in [0.717, 1.165) is 25.5 Å². The maximum absolute atomic E-state index is 12.2. The van der Waals surface area contributed by atoms with E-state index in [2.05, 4.69) is 20.5 Å². The van der Waals surface area contributed by atoms with Crippen LogP contribution >= 0.6 is 0 Å². The summed E-state index contributed by atoms with van der Waals surface area (Å²) >= 11 is 0. The molecule has 0 aromatic carbocycles. The molecule has 3 aliphatic rings. The number of anilines is 1. The van der Waals surface area contributed by atoms with Gasteiger partial charge in [0.05, 0.1) is 18.3 Å². The highest BCUT2D eigenvalue weighted by atomic mass is 16.5. The number of carbonyl (C=O) groups excluding carboxylic acids is 1. The average Bonchev–Trinajstić information content (AvgIpc) is 3.27. The Balaban J connectivity index is 1.26. The summed E-state index contributed by atoms with van der Waals surface area (Å²) in [5, 5.41) is 6.29. The van der Waals surface area contributed by atoms with Crippen molar-refractivity contribution in [3.8, 4) is 0 Å². The molecule has 0 unspecified atom stereocenters. The van der Waals surface area contributed by atoms with Crippen molar-refractivity contribution in [2.75, 3.05) is 31.6 Å². The first-order valence-electron chi connectivity index (χ1n) is 8.64. The van der Waals surface area contributed by atoms with Crippen LogP contribution in [0.1, 0.15) is 36.0 Å². The summed E-state index contributed by atoms with van der Waals surface area (Å²) in [4.78, 5) is 19.0. The summed E-state index contributed by atoms with van der Waals surface area (Å²) in [6.45, 7) is 3.44. The molecule has 0 radical (unpaired) electrons. The number of nitrogens with one attached hydrogen (secondary N) is 2. The molecule has 4 rings (SSSR count). The molecule has 0 spiro atoms. The summed E-state index contributed by atoms with van der Waals surface area (Å²) in [5.74, 6) is 0.766. The van der Waals surface area contributed by atoms with E-state index in [-0.39, 0.29) is 12.0 Å². The fourth-order valence-electron chi connectivity index (χ4n) is 3.37. The van der Waals surface area contributed by atoms with Gasteiger partial charge in [0.1, 0.15) is 5.82 Å². The second-order valence-corrected chi connectivity index (χ2v) is 6.81. The molecular weight excluding hydrogens is 292 g/mol. The predicted octanol–water partition coefficient (Wildman–Crippen LogP) is 1.25. The van der Waals surface area contributed by atoms with E-state index in [1.54, 1.807) is 6.20 Å². The van der Waals surface area contributed by atoms with Gasteiger partial charge in [-0.3, -0.25) is 9.69 Å². The summed E-state index contributed by atoms with van der Waals surface area (Å²) in [5.41, 5.74) is 0.598. The van der Waals surface area contributed by atoms with Crippen LogP contribution in [0.5, 0.6) is 0 Å². The number of amides is 1. The Morgan fingerprint density at radius 2 is 2.26 bits per heavy atom. The summed E-state index contributed by atoms with van der Waals surface area (Å²) in [6, 6.07) is 4.86. The number of carbonyl (C=O) groups is 1. The predicted molar refractivity (Wildman–Crippen MR) is 87.5 cm³/mol. The molecule has 23 heavy (non-hydrogen) atoms. The number of pyridine rings is 1. The van der Waals surface area contributed by atoms with Crippen LogP contribution in [0.3, 0.4) is 0 Å². The van der Waals surface area contributed by atoms with Gasteiger partial charge in [-0.1, -0.05) is 0 Å². The number of fused-ring (bicyclic) bond motifs is 1. The van der Waals surface area contributed by atoms with Gasteiger partial charge in [0, 0.05) is 31.4 Å². The normalized spacial score (nSPS) is 27.5. The van der Waals surface area contributed by atoms with Crippen molar-refractivity contribution in [1.82, 2.24) is 15.2 Å². The van der Waals surface area contributed by atoms with E-state index >= 15 is 0 Å². The number of ether oxygens (including phenoxy) is 1. The summed E-state index contributed by atoms with van der Waals surface area (Å²) in [7, 11) is 0. The van der Waals surface area contributed by atoms with E-state index < -0.39 is 0 Å². The average molecular weight is 316 g/mol. The van der Waals surface area contributed by atoms with Crippen LogP contribution in [0.2, 0.25) is 0 Å². The van der Waals surface area contributed by atoms with Gasteiger partial charge in [0.25, 0.3) is 5.91 Å². The number of hydrogen-bond donors (Lipinski definition) is 2. The third-order valence-corrected chi connectivity index (χ3v) is 4.91. The fraction of sp³-hybridized carbons (Fsp3) is 0.647. The van der Waals surface area contributed by atoms with Crippen molar-refractivity contribution < 1.29 is 9.53 Å². The molecule has 1 saturated carbocycles. The Bertz CT molecular complexity index is 558. The highest BCUT2D eigenvalue weighted by molar-refractivity contribution is 5.94. The molecule has 1 amide bonds. The van der Waals surface area contributed by atoms with Gasteiger partial charge >= 0.3 is 0 Å². The lowest BCUT2D eigenvalue weighted by Gasteiger charge is -2.35. The van der Waals surface area contributed by atoms with Gasteiger partial charge in [-0.25, -0.2) is 4.98 Å². The van der Waals surface area contributed by atoms with Gasteiger partial charge in [-0.05, 0) is 44.4 Å². The van der Waals surface area contributed by atoms with Crippen LogP contribution in [-0.4, -0.2) is 60.2 Å². The van der Waals surface area contributed by atoms with Gasteiger partial charge in [-0.15, -0.1) is 0 Å². The zero-order valence-electron chi connectivity index (χ0n) is 13.3. The minimum absolute atomic E-state index is 0.0809. The molecule has 3 heterocycles. The van der Waals surface area contributed by atoms with Gasteiger partial charge < -0.3 is 15.4 Å². The minimum atomic E-state index is -0.0809. The van der Waals surface area contributed by atoms with Crippen molar-refractivity contribution in [1.29, 1.82) is 0 Å². The lowest BCUT2D eigenvalue weighted by molar-refractivity contribution is -0.0461. The Kier molecular flexibility index (Phi) is 4.18. The molecule has 124 valence electrons. The Morgan fingerprint density at radius 1 is 1.35 bits per heavy atom. The highest BCUT2D eigenvalue weighted by Crippen LogP contribution is 2.24. The zero-order chi connectivity index (χ0) is 15.6. The highest BCUT2D eigenvalue weighted by Gasteiger charge is 2.32. The summed E-state index contributed by atoms with van der Waals surface area (Å²) in [6.07, 6.45) is 6.66. The Labute approximate surface area is 136 Å². The Hall–Kier alpha value is -1.66. The minimum Gasteiger partial charge on any atom is -0.373 e. The van der Waals surface area contributed by atoms with E-state index in [1.165, 1.54) is 25.7 Å². The fourth-order valence-corrected chi connectivity index (χ4v) is 3.37. The molecule has 1 aromatic rings. The van der Waals surface area contributed by atoms with Crippen molar-refractivity contribution in [2.24, 2.45) is 0 Å². The van der Waals surface area contributed by atoms with Crippen LogP contribution in [0.25, 0.3) is 0 Å². The van der Waals surface area contributed by atoms with Crippen LogP contribution in [-0.2, 0) is 4.74 Å². The van der Waals surface area contributed by atoms with Crippen molar-refractivity contribution in [3.05, 3.63) is 23.9 Å². The third kappa shape index (κ3) is 3.64. The molecular formula is C17H24N4O2. The maximum Gasteiger partial charge on any atom is 0.252 e. The maximum atomic E-state index is 12.2. The number of rotatable bonds is 5. The number of morpholine rings is 1. The Morgan fingerprint density at radius 3 is 3.04 bits per heavy atom. The van der Waals surface area contributed by atoms with Crippen molar-refractivity contribution in [2.45, 2.75) is 43.9 Å². The molecule has 1 aliphatic carbocycles. The molecule has 0 bridgehead atoms. The van der Waals surface area contributed by atoms with E-state index in [9.17, 15) is 4.79 Å². The first-order chi connectivity index (χ1) is 11.3. The largest absolute Gasteiger partial charge is 0.373 e. The molecule has 2 N–H and O–H groups in total. The monoisotopic (exact) mass is 316 g/mol. The first-order valence-corrected chi connectivity index (χ1v) is 8.64. The van der Waals surface area contributed by atoms with Crippen LogP contribution in [0.15, 0.2) is 18.3 Å². The van der Waals surface area contributed by atoms with E-state index in [1.807, 2.05) is 12.1 Å². The van der Waals surface area contributed by atoms with Gasteiger partial charge in [-0.2, -0.15) is 0 Å². The molecule has 2 atom stereocenters. The zero-order valence-corrected chi connectivity index (χ0v) is 13.3. The third-order valence-electron chi connectivity index (χ3n) is 4.91. The number of nitrogens with zero attached hydrogens (tertiary/aromatic N) is 2. The lowest BCUT2D eigenvalue weighted by atomic mass is 10.2. The molecule has 2 aliphatic heterocycles. The van der Waals surface area contributed by atoms with Gasteiger partial charge in [0.15, 0.2) is 0 Å². The SMILES string of the molecule is O=C(NC[C@H]1CN2CCC[C@@H]2CO1)c1ccc(NC2CC2)nc1. The number of aromatic nitrogens is 1. The number of hydrogen-bond acceptors (Lipinski definition) is 5. The van der Waals surface area contributed by atoms with Crippen molar-refractivity contribution >= 4 is 11.7 Å². The molecule has 6 nitrogen and oxygen atoms in total. The summed E-state index contributed by atoms with van der Waals surface area (Å²) < 4.78 is 5.87. The van der Waals surface area contributed by atoms with Crippen molar-refractivity contribution in [3.63, 3.8) is 0 Å². The smallest absolute Gasteiger partial charge is 0.252 e. The van der Waals surface area contributed by atoms with E-state index in [0.29, 0.717) is 24.2 Å². The standard InChI is InChI=1S/C17H24N4O2/c22-17(12-3-6-16(18-8-12)20-13-4-5-13)19-9-15-10-21-7-1-2-14(21)11-23-15/h3,6,8,13-15H,1-2,4-5,7,9-11H2,(H,18,20)(H,19,22)/t14-,15+/m1/s1. The van der Waals surface area contributed by atoms with Crippen LogP contribution in [0.4, 0.5) is 5.82 Å².